The second-order valence-corrected chi connectivity index (χ2v) is 6.90. The van der Waals surface area contributed by atoms with Crippen molar-refractivity contribution < 1.29 is 21.6 Å². The van der Waals surface area contributed by atoms with Gasteiger partial charge in [-0.15, -0.1) is 0 Å². The zero-order valence-electron chi connectivity index (χ0n) is 10.9. The third-order valence-electron chi connectivity index (χ3n) is 3.17. The Morgan fingerprint density at radius 2 is 2.05 bits per heavy atom. The molecule has 1 atom stereocenters. The Kier molecular flexibility index (Phi) is 4.82. The number of halogens is 4. The minimum Gasteiger partial charge on any atom is -0.315 e. The van der Waals surface area contributed by atoms with Gasteiger partial charge in [-0.3, -0.25) is 0 Å². The molecule has 1 heterocycles. The van der Waals surface area contributed by atoms with Crippen LogP contribution >= 0.6 is 11.6 Å². The largest absolute Gasteiger partial charge is 0.416 e. The minimum atomic E-state index is -4.62. The van der Waals surface area contributed by atoms with E-state index >= 15 is 0 Å². The number of alkyl halides is 3. The monoisotopic (exact) mass is 342 g/mol. The summed E-state index contributed by atoms with van der Waals surface area (Å²) >= 11 is 5.75. The van der Waals surface area contributed by atoms with Gasteiger partial charge in [0.05, 0.1) is 10.6 Å². The molecule has 0 aliphatic carbocycles. The zero-order valence-corrected chi connectivity index (χ0v) is 12.4. The van der Waals surface area contributed by atoms with Crippen LogP contribution in [0.15, 0.2) is 23.1 Å². The summed E-state index contributed by atoms with van der Waals surface area (Å²) in [6.07, 6.45) is -3.20. The average Bonchev–Trinajstić information content (AvgIpc) is 2.38. The normalized spacial score (nSPS) is 20.5. The van der Waals surface area contributed by atoms with E-state index in [2.05, 4.69) is 10.0 Å². The van der Waals surface area contributed by atoms with Crippen LogP contribution in [-0.4, -0.2) is 27.5 Å². The molecule has 118 valence electrons. The van der Waals surface area contributed by atoms with Gasteiger partial charge < -0.3 is 5.32 Å². The molecule has 1 saturated heterocycles. The molecule has 1 fully saturated rings. The Morgan fingerprint density at radius 3 is 2.62 bits per heavy atom. The average molecular weight is 343 g/mol. The van der Waals surface area contributed by atoms with Crippen LogP contribution in [0.1, 0.15) is 18.4 Å². The number of sulfonamides is 1. The molecule has 21 heavy (non-hydrogen) atoms. The summed E-state index contributed by atoms with van der Waals surface area (Å²) in [6, 6.07) is 1.90. The fourth-order valence-corrected chi connectivity index (χ4v) is 3.92. The van der Waals surface area contributed by atoms with Gasteiger partial charge in [0.25, 0.3) is 0 Å². The summed E-state index contributed by atoms with van der Waals surface area (Å²) in [5.74, 6) is 0. The Morgan fingerprint density at radius 1 is 1.33 bits per heavy atom. The highest BCUT2D eigenvalue weighted by Gasteiger charge is 2.33. The Labute approximate surface area is 125 Å². The fourth-order valence-electron chi connectivity index (χ4n) is 2.12. The van der Waals surface area contributed by atoms with Gasteiger partial charge in [-0.2, -0.15) is 13.2 Å². The van der Waals surface area contributed by atoms with Crippen molar-refractivity contribution in [1.29, 1.82) is 0 Å². The van der Waals surface area contributed by atoms with Crippen molar-refractivity contribution >= 4 is 21.6 Å². The van der Waals surface area contributed by atoms with Crippen molar-refractivity contribution in [1.82, 2.24) is 10.0 Å². The van der Waals surface area contributed by atoms with Crippen LogP contribution in [-0.2, 0) is 16.2 Å². The van der Waals surface area contributed by atoms with Crippen molar-refractivity contribution in [2.45, 2.75) is 30.0 Å². The Balaban J connectivity index is 2.30. The predicted molar refractivity (Wildman–Crippen MR) is 72.7 cm³/mol. The number of benzene rings is 1. The van der Waals surface area contributed by atoms with Gasteiger partial charge in [-0.1, -0.05) is 11.6 Å². The summed E-state index contributed by atoms with van der Waals surface area (Å²) in [6.45, 7) is 1.23. The van der Waals surface area contributed by atoms with Crippen LogP contribution in [0.4, 0.5) is 13.2 Å². The first-order valence-electron chi connectivity index (χ1n) is 6.30. The van der Waals surface area contributed by atoms with E-state index in [1.807, 2.05) is 0 Å². The fraction of sp³-hybridized carbons (Fsp3) is 0.500. The highest BCUT2D eigenvalue weighted by atomic mass is 35.5. The Bertz CT molecular complexity index is 613. The number of hydrogen-bond donors (Lipinski definition) is 2. The first-order valence-corrected chi connectivity index (χ1v) is 8.16. The van der Waals surface area contributed by atoms with Gasteiger partial charge in [-0.05, 0) is 37.6 Å². The molecule has 4 nitrogen and oxygen atoms in total. The van der Waals surface area contributed by atoms with Crippen LogP contribution in [0.3, 0.4) is 0 Å². The minimum absolute atomic E-state index is 0.237. The van der Waals surface area contributed by atoms with E-state index in [1.54, 1.807) is 0 Å². The van der Waals surface area contributed by atoms with E-state index in [4.69, 9.17) is 11.6 Å². The van der Waals surface area contributed by atoms with E-state index in [0.717, 1.165) is 25.1 Å². The van der Waals surface area contributed by atoms with E-state index in [1.165, 1.54) is 0 Å². The van der Waals surface area contributed by atoms with Gasteiger partial charge >= 0.3 is 6.18 Å². The third-order valence-corrected chi connectivity index (χ3v) is 5.17. The van der Waals surface area contributed by atoms with Crippen LogP contribution in [0.25, 0.3) is 0 Å². The van der Waals surface area contributed by atoms with Crippen LogP contribution < -0.4 is 10.0 Å². The SMILES string of the molecule is O=S(=O)(NC1CCCNC1)c1cc(C(F)(F)F)ccc1Cl. The third kappa shape index (κ3) is 4.09. The van der Waals surface area contributed by atoms with Crippen LogP contribution in [0, 0.1) is 0 Å². The highest BCUT2D eigenvalue weighted by Crippen LogP contribution is 2.33. The van der Waals surface area contributed by atoms with Crippen LogP contribution in [0.5, 0.6) is 0 Å². The molecular weight excluding hydrogens is 329 g/mol. The van der Waals surface area contributed by atoms with Gasteiger partial charge in [-0.25, -0.2) is 13.1 Å². The molecule has 1 aliphatic heterocycles. The van der Waals surface area contributed by atoms with E-state index in [0.29, 0.717) is 19.0 Å². The lowest BCUT2D eigenvalue weighted by Crippen LogP contribution is -2.45. The predicted octanol–water partition coefficient (Wildman–Crippen LogP) is 2.39. The second-order valence-electron chi connectivity index (χ2n) is 4.81. The zero-order chi connectivity index (χ0) is 15.7. The van der Waals surface area contributed by atoms with Crippen molar-refractivity contribution in [3.8, 4) is 0 Å². The first kappa shape index (κ1) is 16.5. The summed E-state index contributed by atoms with van der Waals surface area (Å²) in [5, 5.41) is 2.78. The summed E-state index contributed by atoms with van der Waals surface area (Å²) in [5.41, 5.74) is -1.05. The summed E-state index contributed by atoms with van der Waals surface area (Å²) < 4.78 is 64.8. The number of nitrogens with one attached hydrogen (secondary N) is 2. The molecule has 1 aromatic carbocycles. The van der Waals surface area contributed by atoms with E-state index in [9.17, 15) is 21.6 Å². The molecule has 1 unspecified atom stereocenters. The van der Waals surface area contributed by atoms with Gasteiger partial charge in [0, 0.05) is 12.6 Å². The van der Waals surface area contributed by atoms with E-state index in [-0.39, 0.29) is 11.1 Å². The lowest BCUT2D eigenvalue weighted by molar-refractivity contribution is -0.137. The van der Waals surface area contributed by atoms with Crippen molar-refractivity contribution in [2.75, 3.05) is 13.1 Å². The summed E-state index contributed by atoms with van der Waals surface area (Å²) in [7, 11) is -4.10. The molecule has 0 radical (unpaired) electrons. The molecule has 1 aromatic rings. The highest BCUT2D eigenvalue weighted by molar-refractivity contribution is 7.89. The van der Waals surface area contributed by atoms with Gasteiger partial charge in [0.1, 0.15) is 4.90 Å². The van der Waals surface area contributed by atoms with E-state index < -0.39 is 26.7 Å². The molecule has 0 bridgehead atoms. The molecule has 0 spiro atoms. The number of rotatable bonds is 3. The second kappa shape index (κ2) is 6.12. The van der Waals surface area contributed by atoms with Gasteiger partial charge in [0.2, 0.25) is 10.0 Å². The first-order chi connectivity index (χ1) is 9.70. The molecule has 2 N–H and O–H groups in total. The number of piperidine rings is 1. The topological polar surface area (TPSA) is 58.2 Å². The maximum atomic E-state index is 12.7. The molecule has 9 heteroatoms. The standard InChI is InChI=1S/C12H14ClF3N2O2S/c13-10-4-3-8(12(14,15)16)6-11(10)21(19,20)18-9-2-1-5-17-7-9/h3-4,6,9,17-18H,1-2,5,7H2. The van der Waals surface area contributed by atoms with Crippen molar-refractivity contribution in [3.63, 3.8) is 0 Å². The number of hydrogen-bond acceptors (Lipinski definition) is 3. The molecule has 1 aliphatic rings. The van der Waals surface area contributed by atoms with Crippen molar-refractivity contribution in [2.24, 2.45) is 0 Å². The summed E-state index contributed by atoms with van der Waals surface area (Å²) in [4.78, 5) is -0.551. The lowest BCUT2D eigenvalue weighted by atomic mass is 10.1. The maximum Gasteiger partial charge on any atom is 0.416 e. The van der Waals surface area contributed by atoms with Crippen LogP contribution in [0.2, 0.25) is 5.02 Å². The van der Waals surface area contributed by atoms with Gasteiger partial charge in [0.15, 0.2) is 0 Å². The molecule has 0 amide bonds. The lowest BCUT2D eigenvalue weighted by Gasteiger charge is -2.24. The Hall–Kier alpha value is -0.830. The molecule has 0 aromatic heterocycles. The molecular formula is C12H14ClF3N2O2S. The molecule has 2 rings (SSSR count). The maximum absolute atomic E-state index is 12.7. The van der Waals surface area contributed by atoms with Crippen molar-refractivity contribution in [3.05, 3.63) is 28.8 Å². The quantitative estimate of drug-likeness (QED) is 0.886. The smallest absolute Gasteiger partial charge is 0.315 e. The molecule has 0 saturated carbocycles.